The van der Waals surface area contributed by atoms with Crippen LogP contribution < -0.4 is 10.7 Å². The van der Waals surface area contributed by atoms with Crippen molar-refractivity contribution in [3.05, 3.63) is 66.3 Å². The Morgan fingerprint density at radius 2 is 1.82 bits per heavy atom. The molecule has 0 aliphatic rings. The average Bonchev–Trinajstić information content (AvgIpc) is 2.65. The molecule has 0 aliphatic carbocycles. The Balaban J connectivity index is 2.74. The molecule has 0 radical (unpaired) electrons. The number of nitrogens with zero attached hydrogens (tertiary/aromatic N) is 1. The molecule has 1 aromatic carbocycles. The lowest BCUT2D eigenvalue weighted by molar-refractivity contribution is -0.125. The van der Waals surface area contributed by atoms with Crippen LogP contribution in [0.4, 0.5) is 4.79 Å². The van der Waals surface area contributed by atoms with Gasteiger partial charge in [-0.2, -0.15) is 5.10 Å². The molecule has 1 rings (SSSR count). The molecule has 0 heterocycles. The van der Waals surface area contributed by atoms with E-state index in [4.69, 9.17) is 0 Å². The molecule has 2 amide bonds. The van der Waals surface area contributed by atoms with E-state index in [9.17, 15) is 9.59 Å². The quantitative estimate of drug-likeness (QED) is 0.423. The molecular formula is C22H29N3O3. The third kappa shape index (κ3) is 7.61. The smallest absolute Gasteiger partial charge is 0.407 e. The first kappa shape index (κ1) is 22.9. The SMILES string of the molecule is C=C(/C=C\C=C/C)c1ccc(/C=N/NC(=O)C(NC(=O)OC)C(C)(C)C)cc1. The number of carbonyl (C=O) groups is 2. The zero-order valence-electron chi connectivity index (χ0n) is 17.2. The number of ether oxygens (including phenoxy) is 1. The molecule has 28 heavy (non-hydrogen) atoms. The Morgan fingerprint density at radius 3 is 2.36 bits per heavy atom. The van der Waals surface area contributed by atoms with Crippen molar-refractivity contribution in [2.75, 3.05) is 7.11 Å². The van der Waals surface area contributed by atoms with Crippen LogP contribution in [0.1, 0.15) is 38.8 Å². The van der Waals surface area contributed by atoms with E-state index in [2.05, 4.69) is 27.2 Å². The standard InChI is InChI=1S/C22H29N3O3/c1-7-8-9-10-16(2)18-13-11-17(12-14-18)15-23-25-20(26)19(22(3,4)5)24-21(27)28-6/h7-15,19H,2H2,1,3-6H3,(H,24,27)(H,25,26)/b8-7-,10-9-,23-15+. The van der Waals surface area contributed by atoms with Gasteiger partial charge in [-0.3, -0.25) is 4.79 Å². The van der Waals surface area contributed by atoms with Crippen molar-refractivity contribution < 1.29 is 14.3 Å². The van der Waals surface area contributed by atoms with Gasteiger partial charge in [0.2, 0.25) is 0 Å². The first-order valence-electron chi connectivity index (χ1n) is 8.95. The van der Waals surface area contributed by atoms with Gasteiger partial charge in [-0.05, 0) is 29.0 Å². The number of amides is 2. The molecule has 150 valence electrons. The van der Waals surface area contributed by atoms with Crippen molar-refractivity contribution in [3.63, 3.8) is 0 Å². The van der Waals surface area contributed by atoms with Gasteiger partial charge < -0.3 is 10.1 Å². The van der Waals surface area contributed by atoms with Crippen molar-refractivity contribution in [2.45, 2.75) is 33.7 Å². The van der Waals surface area contributed by atoms with Crippen molar-refractivity contribution >= 4 is 23.8 Å². The number of carbonyl (C=O) groups excluding carboxylic acids is 2. The van der Waals surface area contributed by atoms with E-state index in [1.165, 1.54) is 13.3 Å². The summed E-state index contributed by atoms with van der Waals surface area (Å²) in [5, 5.41) is 6.51. The number of rotatable bonds is 7. The predicted octanol–water partition coefficient (Wildman–Crippen LogP) is 4.05. The predicted molar refractivity (Wildman–Crippen MR) is 114 cm³/mol. The molecule has 6 heteroatoms. The number of hydrazone groups is 1. The molecule has 0 saturated heterocycles. The Morgan fingerprint density at radius 1 is 1.18 bits per heavy atom. The summed E-state index contributed by atoms with van der Waals surface area (Å²) in [4.78, 5) is 23.9. The fourth-order valence-electron chi connectivity index (χ4n) is 2.25. The Bertz CT molecular complexity index is 769. The molecule has 0 bridgehead atoms. The van der Waals surface area contributed by atoms with Gasteiger partial charge in [0.15, 0.2) is 0 Å². The van der Waals surface area contributed by atoms with Crippen LogP contribution in [0.15, 0.2) is 60.2 Å². The van der Waals surface area contributed by atoms with E-state index in [0.29, 0.717) is 0 Å². The van der Waals surface area contributed by atoms with Crippen molar-refractivity contribution in [2.24, 2.45) is 10.5 Å². The summed E-state index contributed by atoms with van der Waals surface area (Å²) < 4.78 is 4.58. The molecule has 0 fully saturated rings. The maximum atomic E-state index is 12.4. The minimum absolute atomic E-state index is 0.423. The summed E-state index contributed by atoms with van der Waals surface area (Å²) in [6, 6.07) is 6.85. The van der Waals surface area contributed by atoms with Gasteiger partial charge in [-0.25, -0.2) is 10.2 Å². The molecule has 1 aromatic rings. The van der Waals surface area contributed by atoms with E-state index in [-0.39, 0.29) is 0 Å². The maximum Gasteiger partial charge on any atom is 0.407 e. The third-order valence-corrected chi connectivity index (χ3v) is 3.85. The highest BCUT2D eigenvalue weighted by Gasteiger charge is 2.33. The summed E-state index contributed by atoms with van der Waals surface area (Å²) in [6.07, 6.45) is 8.62. The average molecular weight is 383 g/mol. The Labute approximate surface area is 167 Å². The van der Waals surface area contributed by atoms with Crippen LogP contribution in [0, 0.1) is 5.41 Å². The van der Waals surface area contributed by atoms with E-state index < -0.39 is 23.5 Å². The van der Waals surface area contributed by atoms with Gasteiger partial charge in [0.05, 0.1) is 13.3 Å². The van der Waals surface area contributed by atoms with Gasteiger partial charge >= 0.3 is 6.09 Å². The van der Waals surface area contributed by atoms with Crippen molar-refractivity contribution in [1.29, 1.82) is 0 Å². The lowest BCUT2D eigenvalue weighted by atomic mass is 9.86. The molecular weight excluding hydrogens is 354 g/mol. The second-order valence-electron chi connectivity index (χ2n) is 7.20. The van der Waals surface area contributed by atoms with E-state index >= 15 is 0 Å². The zero-order valence-corrected chi connectivity index (χ0v) is 17.2. The largest absolute Gasteiger partial charge is 0.453 e. The highest BCUT2D eigenvalue weighted by molar-refractivity contribution is 5.88. The first-order chi connectivity index (χ1) is 13.2. The van der Waals surface area contributed by atoms with Crippen molar-refractivity contribution in [1.82, 2.24) is 10.7 Å². The summed E-state index contributed by atoms with van der Waals surface area (Å²) in [5.74, 6) is -0.423. The molecule has 0 aromatic heterocycles. The summed E-state index contributed by atoms with van der Waals surface area (Å²) in [5.41, 5.74) is 4.68. The second kappa shape index (κ2) is 10.9. The molecule has 0 aliphatic heterocycles. The van der Waals surface area contributed by atoms with Crippen molar-refractivity contribution in [3.8, 4) is 0 Å². The van der Waals surface area contributed by atoms with Crippen LogP contribution in [-0.2, 0) is 9.53 Å². The Kier molecular flexibility index (Phi) is 8.88. The zero-order chi connectivity index (χ0) is 21.2. The highest BCUT2D eigenvalue weighted by atomic mass is 16.5. The molecule has 2 N–H and O–H groups in total. The number of hydrogen-bond acceptors (Lipinski definition) is 4. The van der Waals surface area contributed by atoms with Crippen LogP contribution >= 0.6 is 0 Å². The minimum atomic E-state index is -0.785. The highest BCUT2D eigenvalue weighted by Crippen LogP contribution is 2.19. The normalized spacial score (nSPS) is 13.0. The minimum Gasteiger partial charge on any atom is -0.453 e. The first-order valence-corrected chi connectivity index (χ1v) is 8.95. The van der Waals surface area contributed by atoms with E-state index in [1.807, 2.05) is 76.3 Å². The van der Waals surface area contributed by atoms with E-state index in [1.54, 1.807) is 0 Å². The Hall–Kier alpha value is -3.15. The number of hydrogen-bond donors (Lipinski definition) is 2. The fraction of sp³-hybridized carbons (Fsp3) is 0.318. The maximum absolute atomic E-state index is 12.4. The molecule has 0 spiro atoms. The second-order valence-corrected chi connectivity index (χ2v) is 7.20. The molecule has 6 nitrogen and oxygen atoms in total. The van der Waals surface area contributed by atoms with Gasteiger partial charge in [-0.1, -0.05) is 75.9 Å². The van der Waals surface area contributed by atoms with Crippen LogP contribution in [0.3, 0.4) is 0 Å². The molecule has 1 atom stereocenters. The monoisotopic (exact) mass is 383 g/mol. The molecule has 0 saturated carbocycles. The van der Waals surface area contributed by atoms with Crippen LogP contribution in [0.5, 0.6) is 0 Å². The lowest BCUT2D eigenvalue weighted by Gasteiger charge is -2.28. The topological polar surface area (TPSA) is 79.8 Å². The summed E-state index contributed by atoms with van der Waals surface area (Å²) in [6.45, 7) is 11.5. The van der Waals surface area contributed by atoms with Crippen LogP contribution in [-0.4, -0.2) is 31.4 Å². The van der Waals surface area contributed by atoms with Gasteiger partial charge in [0.25, 0.3) is 5.91 Å². The number of allylic oxidation sites excluding steroid dienone is 5. The number of nitrogens with one attached hydrogen (secondary N) is 2. The van der Waals surface area contributed by atoms with Crippen LogP contribution in [0.25, 0.3) is 5.57 Å². The lowest BCUT2D eigenvalue weighted by Crippen LogP contribution is -2.52. The molecule has 1 unspecified atom stereocenters. The fourth-order valence-corrected chi connectivity index (χ4v) is 2.25. The summed E-state index contributed by atoms with van der Waals surface area (Å²) in [7, 11) is 1.25. The third-order valence-electron chi connectivity index (χ3n) is 3.85. The number of alkyl carbamates (subject to hydrolysis) is 1. The number of benzene rings is 1. The number of methoxy groups -OCH3 is 1. The van der Waals surface area contributed by atoms with Gasteiger partial charge in [0, 0.05) is 0 Å². The van der Waals surface area contributed by atoms with E-state index in [0.717, 1.165) is 16.7 Å². The van der Waals surface area contributed by atoms with Crippen LogP contribution in [0.2, 0.25) is 0 Å². The summed E-state index contributed by atoms with van der Waals surface area (Å²) >= 11 is 0. The van der Waals surface area contributed by atoms with Gasteiger partial charge in [-0.15, -0.1) is 0 Å². The van der Waals surface area contributed by atoms with Gasteiger partial charge in [0.1, 0.15) is 6.04 Å².